The molecule has 57 nitrogen and oxygen atoms in total. The van der Waals surface area contributed by atoms with E-state index in [2.05, 4.69) is 54.8 Å². The van der Waals surface area contributed by atoms with Crippen LogP contribution in [0.5, 0.6) is 0 Å². The molecule has 6 unspecified atom stereocenters. The number of rotatable bonds is 32. The second-order valence-corrected chi connectivity index (χ2v) is 34.6. The number of nitrogens with zero attached hydrogens (tertiary/aromatic N) is 15. The van der Waals surface area contributed by atoms with E-state index in [0.29, 0.717) is 4.57 Å². The van der Waals surface area contributed by atoms with Crippen LogP contribution < -0.4 is 62.4 Å². The minimum absolute atomic E-state index is 0.0695. The van der Waals surface area contributed by atoms with E-state index in [-0.39, 0.29) is 56.9 Å². The smallest absolute Gasteiger partial charge is 0.394 e. The SMILES string of the molecule is [2H][C@@H]1[C@H](O)[C@@H](COP(=O)(O)O[C@H]2[C@@H]([2H])[C@H](n3cnc4c(=O)[nH]c(N)nc43)O[C@@H]2COP(=O)(O)O[C@H]2C[C@H](n3ccc(=O)[nH]c3=O)O[C@@H]2C(I)OP(=O)(O)O[C@H]2[C@@H]([2H])[C@H](n3cnc4c(N)ncnc43)O[C@@H]2COP(=O)(O)O[C@H]2[C@@H]([2H])[C@H](n3ccc(N)nc3=O)O[C@@H]2COP(=O)(O)O[C@H]2[C@@H]([2H])[C@H](n3cnc4c(=O)[nH]c(N)nc43)O[C@@H]2CO)O[C@H]1n1ccc(N)nc1=O. The van der Waals surface area contributed by atoms with Gasteiger partial charge in [0, 0.05) is 69.9 Å². The summed E-state index contributed by atoms with van der Waals surface area (Å²) in [7, 11) is -28.7. The third-order valence-corrected chi connectivity index (χ3v) is 24.7. The van der Waals surface area contributed by atoms with Crippen molar-refractivity contribution in [1.29, 1.82) is 0 Å². The number of nitrogens with two attached hydrogens (primary N) is 5. The second kappa shape index (κ2) is 34.4. The summed E-state index contributed by atoms with van der Waals surface area (Å²) in [5.74, 6) is -1.50. The number of hydrogen-bond acceptors (Lipinski definition) is 43. The van der Waals surface area contributed by atoms with Gasteiger partial charge in [0.1, 0.15) is 132 Å². The van der Waals surface area contributed by atoms with Gasteiger partial charge in [-0.15, -0.1) is 0 Å². The molecular formula is C57H71IN23O34P5. The highest BCUT2D eigenvalue weighted by molar-refractivity contribution is 14.1. The second-order valence-electron chi connectivity index (χ2n) is 26.4. The lowest BCUT2D eigenvalue weighted by Crippen LogP contribution is -2.35. The number of alkyl halides is 1. The lowest BCUT2D eigenvalue weighted by atomic mass is 10.2. The Morgan fingerprint density at radius 3 is 1.34 bits per heavy atom. The molecule has 0 aromatic carbocycles. The zero-order chi connectivity index (χ0) is 89.7. The monoisotopic (exact) mass is 1910 g/mol. The molecule has 6 fully saturated rings. The van der Waals surface area contributed by atoms with Crippen LogP contribution >= 0.6 is 61.7 Å². The summed E-state index contributed by atoms with van der Waals surface area (Å²) in [4.78, 5) is 176. The lowest BCUT2D eigenvalue weighted by molar-refractivity contribution is -0.0670. The molecule has 6 aliphatic rings. The molecule has 6 saturated heterocycles. The number of hydrogen-bond donors (Lipinski definition) is 15. The minimum atomic E-state index is -5.92. The topological polar surface area (TPSA) is 800 Å². The van der Waals surface area contributed by atoms with Crippen LogP contribution in [0, 0.1) is 0 Å². The minimum Gasteiger partial charge on any atom is -0.394 e. The number of aliphatic hydroxyl groups is 2. The number of phosphoric ester groups is 5. The Morgan fingerprint density at radius 1 is 0.475 bits per heavy atom. The Morgan fingerprint density at radius 2 is 0.875 bits per heavy atom. The van der Waals surface area contributed by atoms with Gasteiger partial charge in [-0.2, -0.15) is 19.9 Å². The largest absolute Gasteiger partial charge is 0.473 e. The van der Waals surface area contributed by atoms with Gasteiger partial charge in [-0.25, -0.2) is 62.1 Å². The van der Waals surface area contributed by atoms with Gasteiger partial charge in [0.2, 0.25) is 11.9 Å². The van der Waals surface area contributed by atoms with E-state index >= 15 is 0 Å². The number of anilines is 5. The first kappa shape index (κ1) is 80.1. The molecule has 120 heavy (non-hydrogen) atoms. The van der Waals surface area contributed by atoms with Crippen LogP contribution in [0.3, 0.4) is 0 Å². The molecule has 29 atom stereocenters. The van der Waals surface area contributed by atoms with E-state index in [1.807, 2.05) is 4.98 Å². The molecule has 63 heteroatoms. The number of imidazole rings is 3. The number of nitrogen functional groups attached to an aromatic ring is 5. The van der Waals surface area contributed by atoms with Crippen molar-refractivity contribution in [1.82, 2.24) is 87.2 Å². The lowest BCUT2D eigenvalue weighted by Gasteiger charge is -2.28. The average Bonchev–Trinajstić information content (AvgIpc) is 1.64. The third-order valence-electron chi connectivity index (χ3n) is 18.4. The van der Waals surface area contributed by atoms with Gasteiger partial charge in [0.15, 0.2) is 33.8 Å². The van der Waals surface area contributed by atoms with E-state index in [4.69, 9.17) is 105 Å². The van der Waals surface area contributed by atoms with Crippen LogP contribution in [-0.2, 0) is 96.5 Å². The molecule has 9 aromatic rings. The number of fused-ring (bicyclic) bond motifs is 3. The van der Waals surface area contributed by atoms with E-state index in [0.717, 1.165) is 78.9 Å². The number of ether oxygens (including phenoxy) is 6. The summed E-state index contributed by atoms with van der Waals surface area (Å²) in [5.41, 5.74) is 21.8. The predicted octanol–water partition coefficient (Wildman–Crippen LogP) is -2.58. The number of aromatic nitrogens is 18. The quantitative estimate of drug-likeness (QED) is 0.0117. The summed E-state index contributed by atoms with van der Waals surface area (Å²) in [6, 6.07) is 3.15. The predicted molar refractivity (Wildman–Crippen MR) is 402 cm³/mol. The molecule has 0 spiro atoms. The number of nitrogens with one attached hydrogen (secondary N) is 3. The molecule has 0 radical (unpaired) electrons. The van der Waals surface area contributed by atoms with Gasteiger partial charge in [-0.1, -0.05) is 0 Å². The van der Waals surface area contributed by atoms with Gasteiger partial charge in [-0.3, -0.25) is 102 Å². The van der Waals surface area contributed by atoms with Crippen molar-refractivity contribution < 1.29 is 138 Å². The summed E-state index contributed by atoms with van der Waals surface area (Å²) >= 11 is 1.33. The molecule has 0 amide bonds. The van der Waals surface area contributed by atoms with Gasteiger partial charge in [0.05, 0.1) is 58.1 Å². The van der Waals surface area contributed by atoms with Crippen molar-refractivity contribution in [3.63, 3.8) is 0 Å². The Labute approximate surface area is 686 Å². The van der Waals surface area contributed by atoms with E-state index in [1.165, 1.54) is 28.7 Å². The molecule has 9 aromatic heterocycles. The fraction of sp³-hybridized carbons (Fsp3) is 0.526. The zero-order valence-corrected chi connectivity index (χ0v) is 66.9. The van der Waals surface area contributed by atoms with Crippen molar-refractivity contribution in [3.8, 4) is 0 Å². The highest BCUT2D eigenvalue weighted by atomic mass is 127. The Hall–Kier alpha value is -8.35. The summed E-state index contributed by atoms with van der Waals surface area (Å²) in [6.07, 6.45) is -36.4. The molecule has 0 saturated carbocycles. The molecule has 15 rings (SSSR count). The van der Waals surface area contributed by atoms with Crippen LogP contribution in [-0.4, -0.2) is 232 Å². The first-order valence-corrected chi connectivity index (χ1v) is 43.3. The Kier molecular flexibility index (Phi) is 23.0. The molecule has 0 bridgehead atoms. The first-order valence-electron chi connectivity index (χ1n) is 37.5. The standard InChI is InChI=1S/C57H71IN23O34P5/c58-46(45-27(12-38(109-45)78-6-3-35(84)71-57(78)89)114-119(96,97)103-16-31-25(10-41(108-31)81-21-68-44-50(81)73-54(63)75-52(44)86)112-116(90,91)100-14-29-22(83)7-36(105-29)76-4-1-33(59)69-55(76)87)115-120(98,99)113-26-11-39(79-19-66-42-47(61)64-18-65-48(42)79)107-32(26)17-102-118(94,95)111-24-9-37(77-5-2-34(60)70-56(77)88)106-30(24)15-101-117(92,93)110-23-8-40(104-28(23)13-82)80-20-67-43-49(80)72-53(62)74-51(43)85/h1-6,18-32,36-41,45-46,82-83H,7-17H2,(H,90,91)(H,92,93)(H,94,95)(H,96,97)(H,98,99)(H2,59,69,87)(H2,60,70,88)(H2,61,64,65)(H,71,84,89)(H3,62,72,74,85)(H3,63,73,75,86)/t22-,23-,24-,25-,26-,27-,28+,29+,30+,31+,32+,36+,37+,38+,39+,40+,41+,45-,46?/m0/s1/i7D,8D,9D,10D,11D/t7-,8-,9-,10-,11-,22+,23+,24+,25+,26+,27+,28-,29-,30-,31-,32-,36-,37-,38-,39-,40-,41-,45+,46?/m1. The number of aromatic amines is 3. The zero-order valence-electron chi connectivity index (χ0n) is 65.2. The summed E-state index contributed by atoms with van der Waals surface area (Å²) in [6.45, 7) is -5.82. The van der Waals surface area contributed by atoms with Crippen LogP contribution in [0.1, 0.15) is 82.6 Å². The molecule has 6 aliphatic heterocycles. The maximum Gasteiger partial charge on any atom is 0.473 e. The maximum absolute atomic E-state index is 14.7. The molecule has 20 N–H and O–H groups in total. The van der Waals surface area contributed by atoms with Gasteiger partial charge >= 0.3 is 56.2 Å². The molecule has 650 valence electrons. The van der Waals surface area contributed by atoms with Crippen molar-refractivity contribution in [2.45, 2.75) is 153 Å². The molecule has 15 heterocycles. The normalized spacial score (nSPS) is 33.6. The van der Waals surface area contributed by atoms with Gasteiger partial charge in [-0.05, 0) is 34.7 Å². The fourth-order valence-electron chi connectivity index (χ4n) is 13.0. The molecular weight excluding hydrogens is 1830 g/mol. The van der Waals surface area contributed by atoms with Crippen LogP contribution in [0.25, 0.3) is 33.5 Å². The van der Waals surface area contributed by atoms with E-state index in [9.17, 15) is 90.4 Å². The van der Waals surface area contributed by atoms with Crippen LogP contribution in [0.15, 0.2) is 90.9 Å². The third kappa shape index (κ3) is 19.2. The molecule has 0 aliphatic carbocycles. The van der Waals surface area contributed by atoms with Crippen molar-refractivity contribution in [2.24, 2.45) is 0 Å². The highest BCUT2D eigenvalue weighted by Gasteiger charge is 2.53. The van der Waals surface area contributed by atoms with E-state index < -0.39 is 265 Å². The Bertz CT molecular complexity index is 6230. The fourth-order valence-corrected chi connectivity index (χ4v) is 19.1. The Balaban J connectivity index is 0.654. The van der Waals surface area contributed by atoms with E-state index in [1.54, 1.807) is 0 Å². The first-order chi connectivity index (χ1) is 58.9. The number of H-pyrrole nitrogens is 3. The maximum atomic E-state index is 14.7. The van der Waals surface area contributed by atoms with Gasteiger partial charge < -0.3 is 91.8 Å². The summed E-state index contributed by atoms with van der Waals surface area (Å²) < 4.78 is 210. The average molecular weight is 1910 g/mol. The number of aliphatic hydroxyl groups excluding tert-OH is 2. The number of phosphoric acid groups is 5. The van der Waals surface area contributed by atoms with Gasteiger partial charge in [0.25, 0.3) is 16.7 Å². The highest BCUT2D eigenvalue weighted by Crippen LogP contribution is 2.58. The van der Waals surface area contributed by atoms with Crippen LogP contribution in [0.4, 0.5) is 29.4 Å². The summed E-state index contributed by atoms with van der Waals surface area (Å²) in [5, 5.41) is 21.3. The van der Waals surface area contributed by atoms with Crippen molar-refractivity contribution >= 4 is 125 Å². The number of halogens is 1. The van der Waals surface area contributed by atoms with Crippen molar-refractivity contribution in [3.05, 3.63) is 125 Å². The van der Waals surface area contributed by atoms with Crippen molar-refractivity contribution in [2.75, 3.05) is 61.7 Å². The van der Waals surface area contributed by atoms with Crippen LogP contribution in [0.2, 0.25) is 0 Å².